The molecule has 18 rings (SSSR count). The second-order valence-electron chi connectivity index (χ2n) is 37.3. The van der Waals surface area contributed by atoms with Gasteiger partial charge in [0.2, 0.25) is 0 Å². The van der Waals surface area contributed by atoms with Crippen molar-refractivity contribution in [2.45, 2.75) is 108 Å². The van der Waals surface area contributed by atoms with Gasteiger partial charge in [0.1, 0.15) is 34.3 Å². The first kappa shape index (κ1) is 90.0. The van der Waals surface area contributed by atoms with Crippen LogP contribution in [-0.4, -0.2) is 221 Å². The third kappa shape index (κ3) is 21.4. The Bertz CT molecular complexity index is 6190. The number of benzene rings is 6. The van der Waals surface area contributed by atoms with E-state index in [1.54, 1.807) is 67.1 Å². The monoisotopic (exact) mass is 1830 g/mol. The Balaban J connectivity index is 0.000000181. The quantitative estimate of drug-likeness (QED) is 0.0242. The molecule has 6 aromatic carbocycles. The van der Waals surface area contributed by atoms with Crippen molar-refractivity contribution in [3.63, 3.8) is 0 Å². The Hall–Kier alpha value is -11.0. The van der Waals surface area contributed by atoms with Crippen LogP contribution in [0.25, 0.3) is 33.2 Å². The van der Waals surface area contributed by atoms with E-state index in [1.807, 2.05) is 36.4 Å². The molecular formula is C96H111Cl2N17O12S2. The summed E-state index contributed by atoms with van der Waals surface area (Å²) >= 11 is 12.5. The minimum atomic E-state index is -4.58. The number of allylic oxidation sites excluding steroid dienone is 2. The molecule has 4 saturated heterocycles. The van der Waals surface area contributed by atoms with Crippen LogP contribution in [0.15, 0.2) is 179 Å². The van der Waals surface area contributed by atoms with E-state index >= 15 is 0 Å². The fourth-order valence-electron chi connectivity index (χ4n) is 19.5. The molecule has 2 aliphatic carbocycles. The summed E-state index contributed by atoms with van der Waals surface area (Å²) in [6.07, 6.45) is 17.4. The SMILES string of the molecule is CC1(C)CCC(CN2CCN(c3ccc(C(=O)NS(=O)(=O)c4cc5c(c([N+](=O)[O-])c4)C[C@H](CN4CCCCC4)CN5)c(Oc4cnc5[nH]ccc5c4)c3)CC2)=C(c2ccc(Cl)cc2)C1.CN1CCN(C[C@@H]2CNc3cc(S(=O)(=O)NC(=O)c4ccc(N5CCN(CC6=C(c7ccc(Cl)cc7)CC(C)(C)CC6)CC5)cc4Oc4cnc5[nH]ccc5c4)cc([N+](=O)[O-])c3C2)CC1. The molecule has 0 spiro atoms. The number of piperazine rings is 3. The van der Waals surface area contributed by atoms with E-state index in [0.717, 1.165) is 213 Å². The number of amides is 2. The van der Waals surface area contributed by atoms with Crippen LogP contribution in [-0.2, 0) is 32.9 Å². The van der Waals surface area contributed by atoms with Crippen LogP contribution in [0.5, 0.6) is 23.0 Å². The van der Waals surface area contributed by atoms with E-state index in [9.17, 15) is 46.7 Å². The van der Waals surface area contributed by atoms with Crippen molar-refractivity contribution in [1.29, 1.82) is 0 Å². The summed E-state index contributed by atoms with van der Waals surface area (Å²) in [5.41, 5.74) is 12.7. The molecule has 33 heteroatoms. The maximum absolute atomic E-state index is 14.1. The molecule has 129 heavy (non-hydrogen) atoms. The molecule has 6 N–H and O–H groups in total. The number of carbonyl (C=O) groups excluding carboxylic acids is 2. The summed E-state index contributed by atoms with van der Waals surface area (Å²) in [4.78, 5) is 82.7. The van der Waals surface area contributed by atoms with Gasteiger partial charge < -0.3 is 54.6 Å². The number of halogens is 2. The van der Waals surface area contributed by atoms with Crippen molar-refractivity contribution < 1.29 is 45.7 Å². The van der Waals surface area contributed by atoms with Crippen molar-refractivity contribution in [1.82, 2.24) is 53.9 Å². The second kappa shape index (κ2) is 38.2. The zero-order valence-electron chi connectivity index (χ0n) is 73.5. The summed E-state index contributed by atoms with van der Waals surface area (Å²) in [7, 11) is -7.06. The van der Waals surface area contributed by atoms with E-state index < -0.39 is 41.7 Å². The normalized spacial score (nSPS) is 19.7. The number of carbonyl (C=O) groups is 2. The lowest BCUT2D eigenvalue weighted by Gasteiger charge is -2.39. The maximum atomic E-state index is 14.1. The summed E-state index contributed by atoms with van der Waals surface area (Å²) in [5.74, 6) is -0.603. The molecule has 0 unspecified atom stereocenters. The number of nitrogens with one attached hydrogen (secondary N) is 6. The van der Waals surface area contributed by atoms with Gasteiger partial charge in [-0.05, 0) is 214 Å². The predicted molar refractivity (Wildman–Crippen MR) is 506 cm³/mol. The number of nitrogens with zero attached hydrogens (tertiary/aromatic N) is 11. The Morgan fingerprint density at radius 2 is 0.907 bits per heavy atom. The molecule has 678 valence electrons. The van der Waals surface area contributed by atoms with Crippen LogP contribution in [0.2, 0.25) is 10.0 Å². The third-order valence-corrected chi connectivity index (χ3v) is 29.9. The van der Waals surface area contributed by atoms with Gasteiger partial charge in [-0.25, -0.2) is 36.2 Å². The number of nitro groups is 2. The molecular weight excluding hydrogens is 1720 g/mol. The van der Waals surface area contributed by atoms with Gasteiger partial charge in [0.15, 0.2) is 0 Å². The van der Waals surface area contributed by atoms with Gasteiger partial charge in [-0.1, -0.05) is 92.7 Å². The zero-order valence-corrected chi connectivity index (χ0v) is 76.6. The molecule has 0 bridgehead atoms. The molecule has 8 aliphatic rings. The average Bonchev–Trinajstić information content (AvgIpc) is 1.42. The number of nitro benzene ring substituents is 2. The maximum Gasteiger partial charge on any atom is 0.276 e. The lowest BCUT2D eigenvalue weighted by molar-refractivity contribution is -0.385. The minimum absolute atomic E-state index is 0.0202. The standard InChI is InChI=1S/C48H56ClN9O6S.C48H55ClN8O6S/c1-48(2)12-10-35(42(27-48)33-4-6-36(49)7-5-33)31-56-18-20-57(21-19-56)37-8-9-40(45(24-37)64-38-23-34-11-13-50-46(34)52-29-38)47(59)53-65(62,63)39-25-43-41(44(26-39)58(60)61)22-32(28-51-43)30-55-16-14-54(3)15-17-55;1-48(2)14-12-35(42(27-48)33-6-8-36(49)9-7-33)31-55-18-20-56(21-19-55)37-10-11-40(45(24-37)63-38-23-34-13-15-50-46(34)52-29-38)47(58)53-64(61,62)39-25-43-41(44(26-39)57(59)60)22-32(28-51-43)30-54-16-4-3-5-17-54/h4-9,11,13,23-26,29,32,51H,10,12,14-22,27-28,30-31H2,1-3H3,(H,50,52)(H,53,59);6-11,13,15,23-26,29,32,51H,3-5,12,14,16-22,27-28,30-31H2,1-2H3,(H,50,52)(H,53,58)/t2*32-/m00/s1. The first-order valence-electron chi connectivity index (χ1n) is 44.7. The van der Waals surface area contributed by atoms with Gasteiger partial charge in [0.25, 0.3) is 43.2 Å². The third-order valence-electron chi connectivity index (χ3n) is 26.8. The van der Waals surface area contributed by atoms with E-state index in [0.29, 0.717) is 71.2 Å². The second-order valence-corrected chi connectivity index (χ2v) is 41.5. The number of rotatable bonds is 24. The van der Waals surface area contributed by atoms with Crippen molar-refractivity contribution in [3.8, 4) is 23.0 Å². The number of H-pyrrole nitrogens is 2. The van der Waals surface area contributed by atoms with Gasteiger partial charge in [-0.15, -0.1) is 0 Å². The fraction of sp³-hybridized carbons (Fsp3) is 0.417. The molecule has 10 heterocycles. The summed E-state index contributed by atoms with van der Waals surface area (Å²) in [5, 5.41) is 34.4. The number of aromatic nitrogens is 4. The van der Waals surface area contributed by atoms with Crippen LogP contribution in [0.3, 0.4) is 0 Å². The number of pyridine rings is 2. The number of aromatic amines is 2. The van der Waals surface area contributed by atoms with Crippen molar-refractivity contribution in [2.24, 2.45) is 22.7 Å². The molecule has 4 aromatic heterocycles. The molecule has 6 aliphatic heterocycles. The van der Waals surface area contributed by atoms with Crippen LogP contribution in [0, 0.1) is 42.9 Å². The Morgan fingerprint density at radius 3 is 1.32 bits per heavy atom. The number of likely N-dealkylation sites (N-methyl/N-ethyl adjacent to an activating group) is 1. The van der Waals surface area contributed by atoms with Crippen LogP contribution < -0.4 is 39.4 Å². The number of hydrogen-bond donors (Lipinski definition) is 6. The van der Waals surface area contributed by atoms with Gasteiger partial charge in [0.05, 0.1) is 54.3 Å². The molecule has 10 aromatic rings. The first-order chi connectivity index (χ1) is 61.9. The van der Waals surface area contributed by atoms with Crippen LogP contribution in [0.1, 0.15) is 128 Å². The van der Waals surface area contributed by atoms with Gasteiger partial charge in [-0.3, -0.25) is 39.6 Å². The van der Waals surface area contributed by atoms with Crippen molar-refractivity contribution >= 4 is 122 Å². The van der Waals surface area contributed by atoms with Crippen LogP contribution in [0.4, 0.5) is 34.1 Å². The van der Waals surface area contributed by atoms with E-state index in [-0.39, 0.29) is 66.5 Å². The highest BCUT2D eigenvalue weighted by molar-refractivity contribution is 7.90. The van der Waals surface area contributed by atoms with Gasteiger partial charge >= 0.3 is 0 Å². The molecule has 0 radical (unpaired) electrons. The molecule has 2 amide bonds. The molecule has 0 saturated carbocycles. The Labute approximate surface area is 762 Å². The minimum Gasteiger partial charge on any atom is -0.455 e. The van der Waals surface area contributed by atoms with E-state index in [2.05, 4.69) is 133 Å². The van der Waals surface area contributed by atoms with Gasteiger partial charge in [0, 0.05) is 198 Å². The van der Waals surface area contributed by atoms with Gasteiger partial charge in [-0.2, -0.15) is 0 Å². The molecule has 4 fully saturated rings. The highest BCUT2D eigenvalue weighted by Crippen LogP contribution is 2.47. The number of piperidine rings is 1. The lowest BCUT2D eigenvalue weighted by Crippen LogP contribution is -2.47. The smallest absolute Gasteiger partial charge is 0.276 e. The summed E-state index contributed by atoms with van der Waals surface area (Å²) in [6, 6.07) is 38.8. The highest BCUT2D eigenvalue weighted by Gasteiger charge is 2.38. The number of likely N-dealkylation sites (tertiary alicyclic amines) is 1. The number of anilines is 4. The van der Waals surface area contributed by atoms with E-state index in [4.69, 9.17) is 32.7 Å². The van der Waals surface area contributed by atoms with Crippen molar-refractivity contribution in [2.75, 3.05) is 158 Å². The summed E-state index contributed by atoms with van der Waals surface area (Å²) < 4.78 is 73.0. The Morgan fingerprint density at radius 1 is 0.504 bits per heavy atom. The predicted octanol–water partition coefficient (Wildman–Crippen LogP) is 16.5. The van der Waals surface area contributed by atoms with Crippen LogP contribution >= 0.6 is 23.2 Å². The number of fused-ring (bicyclic) bond motifs is 4. The Kier molecular flexibility index (Phi) is 26.6. The highest BCUT2D eigenvalue weighted by atomic mass is 35.5. The fourth-order valence-corrected chi connectivity index (χ4v) is 21.7. The molecule has 29 nitrogen and oxygen atoms in total. The average molecular weight is 1830 g/mol. The topological polar surface area (TPSA) is 335 Å². The zero-order chi connectivity index (χ0) is 90.0. The number of ether oxygens (including phenoxy) is 2. The molecule has 2 atom stereocenters. The number of sulfonamides is 2. The lowest BCUT2D eigenvalue weighted by atomic mass is 9.72. The first-order valence-corrected chi connectivity index (χ1v) is 48.4. The largest absolute Gasteiger partial charge is 0.455 e. The number of hydrogen-bond acceptors (Lipinski definition) is 23. The summed E-state index contributed by atoms with van der Waals surface area (Å²) in [6.45, 7) is 25.9. The van der Waals surface area contributed by atoms with E-state index in [1.165, 1.54) is 58.2 Å². The van der Waals surface area contributed by atoms with Crippen molar-refractivity contribution in [3.05, 3.63) is 233 Å².